The van der Waals surface area contributed by atoms with Gasteiger partial charge in [0.05, 0.1) is 5.39 Å². The Bertz CT molecular complexity index is 488. The van der Waals surface area contributed by atoms with E-state index in [0.29, 0.717) is 0 Å². The Kier molecular flexibility index (Phi) is 2.23. The van der Waals surface area contributed by atoms with E-state index in [1.54, 1.807) is 6.33 Å². The summed E-state index contributed by atoms with van der Waals surface area (Å²) in [6.07, 6.45) is 4.09. The summed E-state index contributed by atoms with van der Waals surface area (Å²) in [5, 5.41) is 8.14. The highest BCUT2D eigenvalue weighted by molar-refractivity contribution is 14.1. The van der Waals surface area contributed by atoms with Crippen LogP contribution in [-0.2, 0) is 0 Å². The lowest BCUT2D eigenvalue weighted by atomic mass is 10.3. The van der Waals surface area contributed by atoms with E-state index in [1.165, 1.54) is 12.8 Å². The number of H-pyrrole nitrogens is 1. The SMILES string of the molecule is Ic1[nH]nc2ncnc(N3CCCC3)c12. The molecular weight excluding hydrogens is 305 g/mol. The molecule has 1 aliphatic rings. The smallest absolute Gasteiger partial charge is 0.187 e. The van der Waals surface area contributed by atoms with Crippen LogP contribution in [0.25, 0.3) is 11.0 Å². The maximum Gasteiger partial charge on any atom is 0.187 e. The third-order valence-electron chi connectivity index (χ3n) is 2.69. The van der Waals surface area contributed by atoms with Crippen LogP contribution >= 0.6 is 22.6 Å². The highest BCUT2D eigenvalue weighted by atomic mass is 127. The molecular formula is C9H10IN5. The van der Waals surface area contributed by atoms with E-state index < -0.39 is 0 Å². The van der Waals surface area contributed by atoms with E-state index in [9.17, 15) is 0 Å². The number of anilines is 1. The normalized spacial score (nSPS) is 16.5. The van der Waals surface area contributed by atoms with Crippen molar-refractivity contribution in [3.05, 3.63) is 10.0 Å². The quantitative estimate of drug-likeness (QED) is 0.812. The number of hydrogen-bond donors (Lipinski definition) is 1. The number of aromatic nitrogens is 4. The lowest BCUT2D eigenvalue weighted by Gasteiger charge is -2.16. The Morgan fingerprint density at radius 1 is 1.27 bits per heavy atom. The minimum atomic E-state index is 0.760. The number of rotatable bonds is 1. The van der Waals surface area contributed by atoms with Gasteiger partial charge in [0.15, 0.2) is 5.65 Å². The van der Waals surface area contributed by atoms with Crippen molar-refractivity contribution in [2.75, 3.05) is 18.0 Å². The molecule has 1 aliphatic heterocycles. The maximum atomic E-state index is 4.37. The van der Waals surface area contributed by atoms with Crippen LogP contribution in [-0.4, -0.2) is 33.3 Å². The Labute approximate surface area is 100 Å². The van der Waals surface area contributed by atoms with Crippen LogP contribution in [0.2, 0.25) is 0 Å². The maximum absolute atomic E-state index is 4.37. The van der Waals surface area contributed by atoms with Gasteiger partial charge in [-0.2, -0.15) is 5.10 Å². The van der Waals surface area contributed by atoms with E-state index in [0.717, 1.165) is 33.6 Å². The van der Waals surface area contributed by atoms with Crippen molar-refractivity contribution in [1.29, 1.82) is 0 Å². The number of aromatic amines is 1. The number of halogens is 1. The van der Waals surface area contributed by atoms with Gasteiger partial charge in [0.1, 0.15) is 15.8 Å². The van der Waals surface area contributed by atoms with Crippen molar-refractivity contribution in [2.24, 2.45) is 0 Å². The minimum Gasteiger partial charge on any atom is -0.356 e. The van der Waals surface area contributed by atoms with Crippen LogP contribution in [0.3, 0.4) is 0 Å². The molecule has 0 bridgehead atoms. The van der Waals surface area contributed by atoms with Gasteiger partial charge < -0.3 is 4.90 Å². The Balaban J connectivity index is 2.19. The van der Waals surface area contributed by atoms with Crippen LogP contribution in [0.4, 0.5) is 5.82 Å². The van der Waals surface area contributed by atoms with Gasteiger partial charge in [-0.05, 0) is 35.4 Å². The molecule has 0 radical (unpaired) electrons. The first-order valence-electron chi connectivity index (χ1n) is 4.96. The summed E-state index contributed by atoms with van der Waals surface area (Å²) in [5.74, 6) is 1.02. The third kappa shape index (κ3) is 1.47. The first kappa shape index (κ1) is 9.32. The molecule has 0 unspecified atom stereocenters. The Morgan fingerprint density at radius 3 is 2.87 bits per heavy atom. The van der Waals surface area contributed by atoms with Gasteiger partial charge in [0.25, 0.3) is 0 Å². The molecule has 6 heteroatoms. The molecule has 1 N–H and O–H groups in total. The second-order valence-corrected chi connectivity index (χ2v) is 4.71. The topological polar surface area (TPSA) is 57.7 Å². The van der Waals surface area contributed by atoms with Gasteiger partial charge in [0.2, 0.25) is 0 Å². The van der Waals surface area contributed by atoms with E-state index in [-0.39, 0.29) is 0 Å². The van der Waals surface area contributed by atoms with Gasteiger partial charge in [0, 0.05) is 13.1 Å². The lowest BCUT2D eigenvalue weighted by Crippen LogP contribution is -2.19. The number of nitrogens with one attached hydrogen (secondary N) is 1. The summed E-state index contributed by atoms with van der Waals surface area (Å²) in [5.41, 5.74) is 0.760. The number of hydrogen-bond acceptors (Lipinski definition) is 4. The highest BCUT2D eigenvalue weighted by Gasteiger charge is 2.19. The molecule has 3 heterocycles. The summed E-state index contributed by atoms with van der Waals surface area (Å²) < 4.78 is 1.02. The summed E-state index contributed by atoms with van der Waals surface area (Å²) in [6.45, 7) is 2.18. The molecule has 2 aromatic rings. The molecule has 78 valence electrons. The molecule has 0 aliphatic carbocycles. The van der Waals surface area contributed by atoms with Crippen LogP contribution in [0, 0.1) is 3.70 Å². The van der Waals surface area contributed by atoms with Crippen molar-refractivity contribution < 1.29 is 0 Å². The molecule has 0 spiro atoms. The van der Waals surface area contributed by atoms with Crippen LogP contribution < -0.4 is 4.90 Å². The average molecular weight is 315 g/mol. The second-order valence-electron chi connectivity index (χ2n) is 3.63. The van der Waals surface area contributed by atoms with Gasteiger partial charge >= 0.3 is 0 Å². The van der Waals surface area contributed by atoms with Crippen LogP contribution in [0.15, 0.2) is 6.33 Å². The monoisotopic (exact) mass is 315 g/mol. The van der Waals surface area contributed by atoms with Crippen molar-refractivity contribution in [1.82, 2.24) is 20.2 Å². The zero-order valence-corrected chi connectivity index (χ0v) is 10.2. The van der Waals surface area contributed by atoms with Crippen LogP contribution in [0.1, 0.15) is 12.8 Å². The average Bonchev–Trinajstić information content (AvgIpc) is 2.88. The number of fused-ring (bicyclic) bond motifs is 1. The van der Waals surface area contributed by atoms with Crippen LogP contribution in [0.5, 0.6) is 0 Å². The molecule has 2 aromatic heterocycles. The van der Waals surface area contributed by atoms with Gasteiger partial charge in [-0.15, -0.1) is 0 Å². The zero-order chi connectivity index (χ0) is 10.3. The standard InChI is InChI=1S/C9H10IN5/c10-7-6-8(14-13-7)11-5-12-9(6)15-3-1-2-4-15/h5H,1-4H2,(H,11,12,13,14). The van der Waals surface area contributed by atoms with E-state index >= 15 is 0 Å². The Morgan fingerprint density at radius 2 is 2.07 bits per heavy atom. The van der Waals surface area contributed by atoms with Crippen molar-refractivity contribution >= 4 is 39.4 Å². The van der Waals surface area contributed by atoms with Gasteiger partial charge in [-0.3, -0.25) is 5.10 Å². The Hall–Kier alpha value is -0.920. The molecule has 0 saturated carbocycles. The molecule has 15 heavy (non-hydrogen) atoms. The molecule has 0 aromatic carbocycles. The summed E-state index contributed by atoms with van der Waals surface area (Å²) in [6, 6.07) is 0. The second kappa shape index (κ2) is 3.58. The third-order valence-corrected chi connectivity index (χ3v) is 3.47. The lowest BCUT2D eigenvalue weighted by molar-refractivity contribution is 0.939. The molecule has 1 saturated heterocycles. The molecule has 3 rings (SSSR count). The predicted molar refractivity (Wildman–Crippen MR) is 65.8 cm³/mol. The van der Waals surface area contributed by atoms with Crippen molar-refractivity contribution in [2.45, 2.75) is 12.8 Å². The number of nitrogens with zero attached hydrogens (tertiary/aromatic N) is 4. The van der Waals surface area contributed by atoms with E-state index in [4.69, 9.17) is 0 Å². The predicted octanol–water partition coefficient (Wildman–Crippen LogP) is 1.56. The first-order valence-corrected chi connectivity index (χ1v) is 6.03. The summed E-state index contributed by atoms with van der Waals surface area (Å²) >= 11 is 2.24. The van der Waals surface area contributed by atoms with Gasteiger partial charge in [-0.1, -0.05) is 0 Å². The first-order chi connectivity index (χ1) is 7.36. The zero-order valence-electron chi connectivity index (χ0n) is 8.07. The molecule has 0 atom stereocenters. The highest BCUT2D eigenvalue weighted by Crippen LogP contribution is 2.27. The van der Waals surface area contributed by atoms with Crippen molar-refractivity contribution in [3.63, 3.8) is 0 Å². The largest absolute Gasteiger partial charge is 0.356 e. The summed E-state index contributed by atoms with van der Waals surface area (Å²) in [4.78, 5) is 10.8. The van der Waals surface area contributed by atoms with Crippen molar-refractivity contribution in [3.8, 4) is 0 Å². The fourth-order valence-corrected chi connectivity index (χ4v) is 2.58. The molecule has 1 fully saturated rings. The van der Waals surface area contributed by atoms with E-state index in [1.807, 2.05) is 0 Å². The fraction of sp³-hybridized carbons (Fsp3) is 0.444. The van der Waals surface area contributed by atoms with Gasteiger partial charge in [-0.25, -0.2) is 9.97 Å². The molecule has 0 amide bonds. The fourth-order valence-electron chi connectivity index (χ4n) is 1.98. The minimum absolute atomic E-state index is 0.760. The van der Waals surface area contributed by atoms with E-state index in [2.05, 4.69) is 47.7 Å². The summed E-state index contributed by atoms with van der Waals surface area (Å²) in [7, 11) is 0. The molecule has 5 nitrogen and oxygen atoms in total.